The van der Waals surface area contributed by atoms with E-state index in [0.29, 0.717) is 24.0 Å². The smallest absolute Gasteiger partial charge is 0.129 e. The first-order valence-electron chi connectivity index (χ1n) is 3.38. The summed E-state index contributed by atoms with van der Waals surface area (Å²) < 4.78 is 5.17. The van der Waals surface area contributed by atoms with Crippen LogP contribution in [0.5, 0.6) is 5.75 Å². The molecule has 0 amide bonds. The predicted octanol–water partition coefficient (Wildman–Crippen LogP) is 0.645. The number of pyridine rings is 1. The first-order chi connectivity index (χ1) is 5.22. The van der Waals surface area contributed by atoms with E-state index in [1.165, 1.54) is 0 Å². The molecule has 0 fully saturated rings. The average Bonchev–Trinajstić information content (AvgIpc) is 1.85. The Bertz CT molecular complexity index is 229. The van der Waals surface area contributed by atoms with Gasteiger partial charge < -0.3 is 16.2 Å². The van der Waals surface area contributed by atoms with Crippen LogP contribution in [0.3, 0.4) is 0 Å². The zero-order valence-electron chi connectivity index (χ0n) is 6.37. The van der Waals surface area contributed by atoms with E-state index in [0.717, 1.165) is 0 Å². The van der Waals surface area contributed by atoms with Gasteiger partial charge in [0.2, 0.25) is 0 Å². The summed E-state index contributed by atoms with van der Waals surface area (Å²) >= 11 is 0. The van der Waals surface area contributed by atoms with Gasteiger partial charge >= 0.3 is 0 Å². The zero-order valence-corrected chi connectivity index (χ0v) is 6.37. The third kappa shape index (κ3) is 2.00. The summed E-state index contributed by atoms with van der Waals surface area (Å²) in [6, 6.07) is 3.28. The quantitative estimate of drug-likeness (QED) is 0.654. The number of nitrogens with zero attached hydrogens (tertiary/aromatic N) is 1. The van der Waals surface area contributed by atoms with Crippen LogP contribution in [0.25, 0.3) is 0 Å². The van der Waals surface area contributed by atoms with Crippen molar-refractivity contribution in [3.63, 3.8) is 0 Å². The molecule has 1 heterocycles. The summed E-state index contributed by atoms with van der Waals surface area (Å²) in [6.07, 6.45) is 0. The minimum Gasteiger partial charge on any atom is -0.494 e. The van der Waals surface area contributed by atoms with Gasteiger partial charge in [-0.2, -0.15) is 0 Å². The fraction of sp³-hybridized carbons (Fsp3) is 0.286. The van der Waals surface area contributed by atoms with E-state index in [1.54, 1.807) is 12.1 Å². The van der Waals surface area contributed by atoms with Gasteiger partial charge in [0.15, 0.2) is 0 Å². The van der Waals surface area contributed by atoms with Crippen LogP contribution in [-0.2, 0) is 0 Å². The van der Waals surface area contributed by atoms with E-state index in [2.05, 4.69) is 4.98 Å². The number of aromatic nitrogens is 1. The maximum Gasteiger partial charge on any atom is 0.129 e. The Morgan fingerprint density at radius 1 is 1.36 bits per heavy atom. The lowest BCUT2D eigenvalue weighted by atomic mass is 10.4. The fourth-order valence-corrected chi connectivity index (χ4v) is 0.797. The van der Waals surface area contributed by atoms with E-state index >= 15 is 0 Å². The zero-order chi connectivity index (χ0) is 8.27. The summed E-state index contributed by atoms with van der Waals surface area (Å²) in [7, 11) is 0. The van der Waals surface area contributed by atoms with Gasteiger partial charge in [0.25, 0.3) is 0 Å². The number of rotatable bonds is 2. The van der Waals surface area contributed by atoms with Crippen molar-refractivity contribution in [2.24, 2.45) is 0 Å². The van der Waals surface area contributed by atoms with Crippen LogP contribution in [-0.4, -0.2) is 11.6 Å². The lowest BCUT2D eigenvalue weighted by molar-refractivity contribution is 0.340. The molecule has 4 N–H and O–H groups in total. The van der Waals surface area contributed by atoms with Crippen LogP contribution < -0.4 is 16.2 Å². The highest BCUT2D eigenvalue weighted by Gasteiger charge is 1.96. The van der Waals surface area contributed by atoms with Crippen LogP contribution in [0.2, 0.25) is 0 Å². The third-order valence-electron chi connectivity index (χ3n) is 1.15. The first-order valence-corrected chi connectivity index (χ1v) is 3.38. The maximum absolute atomic E-state index is 5.42. The second-order valence-corrected chi connectivity index (χ2v) is 2.09. The van der Waals surface area contributed by atoms with E-state index < -0.39 is 0 Å². The summed E-state index contributed by atoms with van der Waals surface area (Å²) in [4.78, 5) is 3.79. The summed E-state index contributed by atoms with van der Waals surface area (Å²) in [5, 5.41) is 0. The summed E-state index contributed by atoms with van der Waals surface area (Å²) in [6.45, 7) is 2.50. The molecular formula is C7H11N3O. The van der Waals surface area contributed by atoms with Crippen molar-refractivity contribution in [1.29, 1.82) is 0 Å². The lowest BCUT2D eigenvalue weighted by Crippen LogP contribution is -1.98. The molecule has 0 atom stereocenters. The molecule has 0 radical (unpaired) electrons. The molecule has 0 bridgehead atoms. The van der Waals surface area contributed by atoms with Gasteiger partial charge in [0.1, 0.15) is 17.4 Å². The van der Waals surface area contributed by atoms with Gasteiger partial charge in [-0.25, -0.2) is 4.98 Å². The molecular weight excluding hydrogens is 142 g/mol. The monoisotopic (exact) mass is 153 g/mol. The molecule has 0 saturated carbocycles. The molecule has 1 aromatic heterocycles. The average molecular weight is 153 g/mol. The number of nitrogen functional groups attached to an aromatic ring is 2. The number of nitrogens with two attached hydrogens (primary N) is 2. The van der Waals surface area contributed by atoms with Crippen molar-refractivity contribution >= 4 is 11.6 Å². The van der Waals surface area contributed by atoms with Crippen molar-refractivity contribution in [2.45, 2.75) is 6.92 Å². The minimum atomic E-state index is 0.383. The Labute approximate surface area is 65.2 Å². The number of hydrogen-bond donors (Lipinski definition) is 2. The SMILES string of the molecule is CCOc1cc(N)nc(N)c1. The minimum absolute atomic E-state index is 0.383. The summed E-state index contributed by atoms with van der Waals surface area (Å²) in [5.41, 5.74) is 10.8. The van der Waals surface area contributed by atoms with Crippen LogP contribution in [0.15, 0.2) is 12.1 Å². The topological polar surface area (TPSA) is 74.2 Å². The number of hydrogen-bond acceptors (Lipinski definition) is 4. The Morgan fingerprint density at radius 3 is 2.36 bits per heavy atom. The Hall–Kier alpha value is -1.45. The van der Waals surface area contributed by atoms with Gasteiger partial charge in [-0.15, -0.1) is 0 Å². The molecule has 4 nitrogen and oxygen atoms in total. The van der Waals surface area contributed by atoms with Gasteiger partial charge in [0, 0.05) is 12.1 Å². The van der Waals surface area contributed by atoms with Gasteiger partial charge in [-0.05, 0) is 6.92 Å². The highest BCUT2D eigenvalue weighted by Crippen LogP contribution is 2.16. The van der Waals surface area contributed by atoms with Crippen molar-refractivity contribution in [3.05, 3.63) is 12.1 Å². The van der Waals surface area contributed by atoms with Gasteiger partial charge in [0.05, 0.1) is 6.61 Å². The molecule has 0 unspecified atom stereocenters. The highest BCUT2D eigenvalue weighted by molar-refractivity contribution is 5.46. The van der Waals surface area contributed by atoms with E-state index in [1.807, 2.05) is 6.92 Å². The molecule has 11 heavy (non-hydrogen) atoms. The molecule has 60 valence electrons. The van der Waals surface area contributed by atoms with Crippen molar-refractivity contribution in [2.75, 3.05) is 18.1 Å². The molecule has 0 aromatic carbocycles. The molecule has 0 aliphatic rings. The summed E-state index contributed by atoms with van der Waals surface area (Å²) in [5.74, 6) is 1.43. The molecule has 0 aliphatic carbocycles. The molecule has 1 aromatic rings. The van der Waals surface area contributed by atoms with Crippen molar-refractivity contribution < 1.29 is 4.74 Å². The van der Waals surface area contributed by atoms with Gasteiger partial charge in [-0.3, -0.25) is 0 Å². The Kier molecular flexibility index (Phi) is 2.15. The molecule has 4 heteroatoms. The fourth-order valence-electron chi connectivity index (χ4n) is 0.797. The van der Waals surface area contributed by atoms with E-state index in [-0.39, 0.29) is 0 Å². The van der Waals surface area contributed by atoms with Crippen LogP contribution in [0.1, 0.15) is 6.92 Å². The molecule has 0 aliphatic heterocycles. The van der Waals surface area contributed by atoms with Crippen molar-refractivity contribution in [1.82, 2.24) is 4.98 Å². The molecule has 0 saturated heterocycles. The number of ether oxygens (including phenoxy) is 1. The Morgan fingerprint density at radius 2 is 1.91 bits per heavy atom. The van der Waals surface area contributed by atoms with E-state index in [9.17, 15) is 0 Å². The normalized spacial score (nSPS) is 9.55. The van der Waals surface area contributed by atoms with E-state index in [4.69, 9.17) is 16.2 Å². The third-order valence-corrected chi connectivity index (χ3v) is 1.15. The largest absolute Gasteiger partial charge is 0.494 e. The second-order valence-electron chi connectivity index (χ2n) is 2.09. The second kappa shape index (κ2) is 3.09. The van der Waals surface area contributed by atoms with Gasteiger partial charge in [-0.1, -0.05) is 0 Å². The molecule has 1 rings (SSSR count). The number of anilines is 2. The molecule has 0 spiro atoms. The van der Waals surface area contributed by atoms with Crippen LogP contribution >= 0.6 is 0 Å². The highest BCUT2D eigenvalue weighted by atomic mass is 16.5. The van der Waals surface area contributed by atoms with Crippen molar-refractivity contribution in [3.8, 4) is 5.75 Å². The Balaban J connectivity index is 2.89. The lowest BCUT2D eigenvalue weighted by Gasteiger charge is -2.03. The maximum atomic E-state index is 5.42. The standard InChI is InChI=1S/C7H11N3O/c1-2-11-5-3-6(8)10-7(9)4-5/h3-4H,2H2,1H3,(H4,8,9,10). The van der Waals surface area contributed by atoms with Crippen LogP contribution in [0.4, 0.5) is 11.6 Å². The predicted molar refractivity (Wildman–Crippen MR) is 44.2 cm³/mol. The van der Waals surface area contributed by atoms with Crippen LogP contribution in [0, 0.1) is 0 Å². The first kappa shape index (κ1) is 7.65.